The first-order chi connectivity index (χ1) is 10.3. The molecule has 0 radical (unpaired) electrons. The number of pyridine rings is 1. The summed E-state index contributed by atoms with van der Waals surface area (Å²) in [4.78, 5) is 4.65. The van der Waals surface area contributed by atoms with Gasteiger partial charge in [-0.2, -0.15) is 5.26 Å². The van der Waals surface area contributed by atoms with Crippen LogP contribution in [0.3, 0.4) is 0 Å². The van der Waals surface area contributed by atoms with Crippen molar-refractivity contribution in [1.82, 2.24) is 9.55 Å². The molecule has 0 unspecified atom stereocenters. The Balaban J connectivity index is 2.33. The summed E-state index contributed by atoms with van der Waals surface area (Å²) in [6.45, 7) is 2.98. The van der Waals surface area contributed by atoms with Crippen molar-refractivity contribution < 1.29 is 0 Å². The second-order valence-corrected chi connectivity index (χ2v) is 5.13. The zero-order valence-electron chi connectivity index (χ0n) is 11.7. The highest BCUT2D eigenvalue weighted by atomic mass is 15.0. The molecule has 0 spiro atoms. The Kier molecular flexibility index (Phi) is 2.45. The number of rotatable bonds is 1. The molecule has 2 aromatic heterocycles. The van der Waals surface area contributed by atoms with Crippen LogP contribution in [0.5, 0.6) is 0 Å². The van der Waals surface area contributed by atoms with Gasteiger partial charge in [-0.05, 0) is 30.5 Å². The molecular weight excluding hydrogens is 258 g/mol. The third-order valence-electron chi connectivity index (χ3n) is 4.04. The molecule has 0 aliphatic rings. The minimum absolute atomic E-state index is 0.686. The monoisotopic (exact) mass is 271 g/mol. The minimum atomic E-state index is 0.686. The third kappa shape index (κ3) is 1.56. The second kappa shape index (κ2) is 4.32. The van der Waals surface area contributed by atoms with Crippen LogP contribution in [0.2, 0.25) is 0 Å². The Morgan fingerprint density at radius 3 is 2.81 bits per heavy atom. The van der Waals surface area contributed by atoms with E-state index >= 15 is 0 Å². The maximum atomic E-state index is 9.17. The zero-order valence-corrected chi connectivity index (χ0v) is 11.7. The van der Waals surface area contributed by atoms with Crippen LogP contribution >= 0.6 is 0 Å². The maximum Gasteiger partial charge on any atom is 0.141 e. The Morgan fingerprint density at radius 1 is 1.14 bits per heavy atom. The average Bonchev–Trinajstić information content (AvgIpc) is 2.87. The largest absolute Gasteiger partial charge is 0.326 e. The number of hydrogen-bond donors (Lipinski definition) is 0. The number of aryl methyl sites for hydroxylation is 1. The fourth-order valence-corrected chi connectivity index (χ4v) is 3.10. The van der Waals surface area contributed by atoms with Gasteiger partial charge in [0, 0.05) is 28.9 Å². The van der Waals surface area contributed by atoms with Crippen molar-refractivity contribution in [2.45, 2.75) is 13.5 Å². The molecule has 4 aromatic rings. The summed E-state index contributed by atoms with van der Waals surface area (Å²) in [5.74, 6) is 0. The van der Waals surface area contributed by atoms with E-state index in [0.717, 1.165) is 33.9 Å². The van der Waals surface area contributed by atoms with Crippen LogP contribution in [0.1, 0.15) is 12.5 Å². The lowest BCUT2D eigenvalue weighted by molar-refractivity contribution is 0.817. The normalized spacial score (nSPS) is 11.2. The molecule has 0 atom stereocenters. The molecule has 3 heteroatoms. The van der Waals surface area contributed by atoms with E-state index < -0.39 is 0 Å². The topological polar surface area (TPSA) is 41.6 Å². The van der Waals surface area contributed by atoms with Crippen LogP contribution in [0.25, 0.3) is 32.7 Å². The number of hydrogen-bond acceptors (Lipinski definition) is 2. The number of aromatic nitrogens is 2. The van der Waals surface area contributed by atoms with Crippen LogP contribution in [-0.4, -0.2) is 9.55 Å². The molecule has 0 aliphatic carbocycles. The van der Waals surface area contributed by atoms with E-state index in [1.165, 1.54) is 5.39 Å². The molecule has 0 bridgehead atoms. The molecule has 0 saturated carbocycles. The smallest absolute Gasteiger partial charge is 0.141 e. The van der Waals surface area contributed by atoms with Crippen LogP contribution in [0.15, 0.2) is 48.7 Å². The van der Waals surface area contributed by atoms with Gasteiger partial charge in [-0.3, -0.25) is 0 Å². The summed E-state index contributed by atoms with van der Waals surface area (Å²) in [7, 11) is 0. The van der Waals surface area contributed by atoms with Crippen molar-refractivity contribution in [3.8, 4) is 6.07 Å². The predicted octanol–water partition coefficient (Wildman–Crippen LogP) is 4.23. The lowest BCUT2D eigenvalue weighted by atomic mass is 10.1. The molecule has 0 fully saturated rings. The average molecular weight is 271 g/mol. The first kappa shape index (κ1) is 11.9. The van der Waals surface area contributed by atoms with Gasteiger partial charge in [0.1, 0.15) is 5.65 Å². The van der Waals surface area contributed by atoms with Gasteiger partial charge < -0.3 is 4.57 Å². The Hall–Kier alpha value is -2.86. The van der Waals surface area contributed by atoms with Gasteiger partial charge in [-0.1, -0.05) is 24.3 Å². The summed E-state index contributed by atoms with van der Waals surface area (Å²) in [6, 6.07) is 16.4. The molecule has 0 aliphatic heterocycles. The summed E-state index contributed by atoms with van der Waals surface area (Å²) in [5, 5.41) is 13.7. The molecule has 0 saturated heterocycles. The van der Waals surface area contributed by atoms with E-state index in [2.05, 4.69) is 34.7 Å². The second-order valence-electron chi connectivity index (χ2n) is 5.13. The van der Waals surface area contributed by atoms with Crippen LogP contribution in [0, 0.1) is 11.3 Å². The van der Waals surface area contributed by atoms with Crippen molar-refractivity contribution in [2.24, 2.45) is 0 Å². The van der Waals surface area contributed by atoms with Gasteiger partial charge in [-0.15, -0.1) is 0 Å². The highest BCUT2D eigenvalue weighted by molar-refractivity contribution is 6.19. The molecule has 4 rings (SSSR count). The lowest BCUT2D eigenvalue weighted by Gasteiger charge is -2.02. The highest BCUT2D eigenvalue weighted by Gasteiger charge is 2.13. The highest BCUT2D eigenvalue weighted by Crippen LogP contribution is 2.33. The summed E-state index contributed by atoms with van der Waals surface area (Å²) >= 11 is 0. The number of fused-ring (bicyclic) bond motifs is 5. The Labute approximate surface area is 122 Å². The van der Waals surface area contributed by atoms with E-state index in [0.29, 0.717) is 5.56 Å². The van der Waals surface area contributed by atoms with Crippen LogP contribution in [0.4, 0.5) is 0 Å². The minimum Gasteiger partial charge on any atom is -0.326 e. The first-order valence-corrected chi connectivity index (χ1v) is 7.03. The van der Waals surface area contributed by atoms with Gasteiger partial charge in [0.25, 0.3) is 0 Å². The van der Waals surface area contributed by atoms with Crippen molar-refractivity contribution in [2.75, 3.05) is 0 Å². The molecule has 2 heterocycles. The quantitative estimate of drug-likeness (QED) is 0.519. The molecule has 0 N–H and O–H groups in total. The van der Waals surface area contributed by atoms with Crippen LogP contribution in [-0.2, 0) is 6.54 Å². The van der Waals surface area contributed by atoms with E-state index in [1.54, 1.807) is 0 Å². The Morgan fingerprint density at radius 2 is 2.00 bits per heavy atom. The molecule has 100 valence electrons. The summed E-state index contributed by atoms with van der Waals surface area (Å²) in [6.07, 6.45) is 1.92. The van der Waals surface area contributed by atoms with Crippen molar-refractivity contribution in [3.63, 3.8) is 0 Å². The molecule has 0 amide bonds. The number of benzene rings is 2. The molecule has 21 heavy (non-hydrogen) atoms. The summed E-state index contributed by atoms with van der Waals surface area (Å²) < 4.78 is 2.21. The van der Waals surface area contributed by atoms with Gasteiger partial charge in [0.05, 0.1) is 17.1 Å². The predicted molar refractivity (Wildman–Crippen MR) is 85.1 cm³/mol. The van der Waals surface area contributed by atoms with Crippen molar-refractivity contribution in [3.05, 3.63) is 54.2 Å². The standard InChI is InChI=1S/C18H13N3/c1-2-21-16-8-7-12(10-19)9-15(16)17-14-6-4-3-5-13(14)11-20-18(17)21/h3-9,11H,2H2,1H3. The van der Waals surface area contributed by atoms with E-state index in [-0.39, 0.29) is 0 Å². The van der Waals surface area contributed by atoms with E-state index in [9.17, 15) is 5.26 Å². The van der Waals surface area contributed by atoms with Gasteiger partial charge in [0.2, 0.25) is 0 Å². The van der Waals surface area contributed by atoms with E-state index in [4.69, 9.17) is 0 Å². The summed E-state index contributed by atoms with van der Waals surface area (Å²) in [5.41, 5.74) is 2.81. The van der Waals surface area contributed by atoms with Crippen molar-refractivity contribution in [1.29, 1.82) is 5.26 Å². The third-order valence-corrected chi connectivity index (χ3v) is 4.04. The first-order valence-electron chi connectivity index (χ1n) is 7.03. The Bertz CT molecular complexity index is 1040. The molecule has 3 nitrogen and oxygen atoms in total. The number of nitriles is 1. The van der Waals surface area contributed by atoms with E-state index in [1.807, 2.05) is 36.5 Å². The fourth-order valence-electron chi connectivity index (χ4n) is 3.10. The zero-order chi connectivity index (χ0) is 14.4. The van der Waals surface area contributed by atoms with Gasteiger partial charge in [0.15, 0.2) is 0 Å². The fraction of sp³-hybridized carbons (Fsp3) is 0.111. The van der Waals surface area contributed by atoms with Gasteiger partial charge in [-0.25, -0.2) is 4.98 Å². The molecule has 2 aromatic carbocycles. The van der Waals surface area contributed by atoms with Crippen molar-refractivity contribution >= 4 is 32.7 Å². The van der Waals surface area contributed by atoms with Gasteiger partial charge >= 0.3 is 0 Å². The SMILES string of the molecule is CCn1c2ccc(C#N)cc2c2c3ccccc3cnc21. The lowest BCUT2D eigenvalue weighted by Crippen LogP contribution is -1.94. The number of nitrogens with zero attached hydrogens (tertiary/aromatic N) is 3. The molecular formula is C18H13N3. The maximum absolute atomic E-state index is 9.17. The van der Waals surface area contributed by atoms with Crippen LogP contribution < -0.4 is 0 Å².